The van der Waals surface area contributed by atoms with E-state index >= 15 is 0 Å². The van der Waals surface area contributed by atoms with Gasteiger partial charge in [-0.05, 0) is 47.2 Å². The molecule has 142 valence electrons. The molecule has 2 nitrogen and oxygen atoms in total. The molecule has 0 fully saturated rings. The fraction of sp³-hybridized carbons (Fsp3) is 0.167. The fourth-order valence-corrected chi connectivity index (χ4v) is 3.52. The van der Waals surface area contributed by atoms with Crippen LogP contribution in [-0.2, 0) is 13.0 Å². The zero-order chi connectivity index (χ0) is 19.5. The average Bonchev–Trinajstić information content (AvgIpc) is 2.72. The van der Waals surface area contributed by atoms with E-state index in [-0.39, 0.29) is 17.9 Å². The van der Waals surface area contributed by atoms with Crippen LogP contribution in [0, 0.1) is 11.6 Å². The molecule has 0 bridgehead atoms. The Morgan fingerprint density at radius 3 is 2.36 bits per heavy atom. The van der Waals surface area contributed by atoms with E-state index in [2.05, 4.69) is 0 Å². The molecule has 0 saturated carbocycles. The number of fused-ring (bicyclic) bond motifs is 1. The van der Waals surface area contributed by atoms with E-state index in [0.29, 0.717) is 5.57 Å². The first kappa shape index (κ1) is 18.2. The van der Waals surface area contributed by atoms with E-state index in [1.807, 2.05) is 54.6 Å². The topological polar surface area (TPSA) is 18.5 Å². The predicted octanol–water partition coefficient (Wildman–Crippen LogP) is 5.93. The lowest BCUT2D eigenvalue weighted by atomic mass is 9.86. The van der Waals surface area contributed by atoms with Gasteiger partial charge >= 0.3 is 0 Å². The average molecular weight is 378 g/mol. The summed E-state index contributed by atoms with van der Waals surface area (Å²) in [5, 5.41) is 0. The van der Waals surface area contributed by atoms with Crippen molar-refractivity contribution in [3.05, 3.63) is 101 Å². The number of aryl methyl sites for hydroxylation is 1. The Balaban J connectivity index is 1.63. The third-order valence-electron chi connectivity index (χ3n) is 4.90. The number of hydrogen-bond donors (Lipinski definition) is 0. The lowest BCUT2D eigenvalue weighted by Crippen LogP contribution is -2.06. The molecule has 0 aliphatic heterocycles. The standard InChI is InChI=1S/C24H20F2O2/c1-27-18-10-11-20-17(12-18)8-5-9-21(20)24-22(25)13-19(14-23(24)26)28-15-16-6-3-2-4-7-16/h2-4,6-7,9-14H,5,8,15H2,1H3. The molecule has 3 aromatic carbocycles. The molecule has 4 rings (SSSR count). The van der Waals surface area contributed by atoms with Gasteiger partial charge in [-0.25, -0.2) is 8.78 Å². The quantitative estimate of drug-likeness (QED) is 0.548. The molecule has 1 aliphatic carbocycles. The smallest absolute Gasteiger partial charge is 0.137 e. The van der Waals surface area contributed by atoms with Crippen LogP contribution in [0.2, 0.25) is 0 Å². The second kappa shape index (κ2) is 7.85. The number of allylic oxidation sites excluding steroid dienone is 1. The maximum Gasteiger partial charge on any atom is 0.137 e. The summed E-state index contributed by atoms with van der Waals surface area (Å²) < 4.78 is 40.6. The summed E-state index contributed by atoms with van der Waals surface area (Å²) in [6.07, 6.45) is 3.43. The van der Waals surface area contributed by atoms with Crippen LogP contribution in [0.4, 0.5) is 8.78 Å². The Morgan fingerprint density at radius 2 is 1.64 bits per heavy atom. The molecule has 0 radical (unpaired) electrons. The van der Waals surface area contributed by atoms with Crippen molar-refractivity contribution in [1.29, 1.82) is 0 Å². The molecule has 1 aliphatic rings. The van der Waals surface area contributed by atoms with Crippen LogP contribution in [0.25, 0.3) is 5.57 Å². The third-order valence-corrected chi connectivity index (χ3v) is 4.90. The summed E-state index contributed by atoms with van der Waals surface area (Å²) in [6.45, 7) is 0.254. The van der Waals surface area contributed by atoms with E-state index < -0.39 is 11.6 Å². The summed E-state index contributed by atoms with van der Waals surface area (Å²) >= 11 is 0. The molecular weight excluding hydrogens is 358 g/mol. The van der Waals surface area contributed by atoms with E-state index in [9.17, 15) is 8.78 Å². The molecule has 0 aromatic heterocycles. The van der Waals surface area contributed by atoms with Crippen molar-refractivity contribution in [2.75, 3.05) is 7.11 Å². The first-order valence-electron chi connectivity index (χ1n) is 9.19. The number of benzene rings is 3. The summed E-state index contributed by atoms with van der Waals surface area (Å²) in [5.41, 5.74) is 3.36. The van der Waals surface area contributed by atoms with Crippen LogP contribution in [0.1, 0.15) is 28.7 Å². The number of ether oxygens (including phenoxy) is 2. The Bertz CT molecular complexity index is 1000. The molecule has 0 spiro atoms. The monoisotopic (exact) mass is 378 g/mol. The highest BCUT2D eigenvalue weighted by atomic mass is 19.1. The molecule has 0 unspecified atom stereocenters. The summed E-state index contributed by atoms with van der Waals surface area (Å²) in [6, 6.07) is 17.6. The molecule has 0 saturated heterocycles. The van der Waals surface area contributed by atoms with Gasteiger partial charge < -0.3 is 9.47 Å². The molecule has 3 aromatic rings. The first-order chi connectivity index (χ1) is 13.7. The largest absolute Gasteiger partial charge is 0.497 e. The lowest BCUT2D eigenvalue weighted by Gasteiger charge is -2.20. The second-order valence-corrected chi connectivity index (χ2v) is 6.72. The van der Waals surface area contributed by atoms with Crippen molar-refractivity contribution in [3.8, 4) is 11.5 Å². The van der Waals surface area contributed by atoms with Gasteiger partial charge in [0.05, 0.1) is 12.7 Å². The third kappa shape index (κ3) is 3.63. The highest BCUT2D eigenvalue weighted by Crippen LogP contribution is 2.37. The molecule has 28 heavy (non-hydrogen) atoms. The zero-order valence-corrected chi connectivity index (χ0v) is 15.5. The maximum atomic E-state index is 14.9. The molecule has 0 amide bonds. The van der Waals surface area contributed by atoms with Crippen molar-refractivity contribution in [1.82, 2.24) is 0 Å². The van der Waals surface area contributed by atoms with Crippen molar-refractivity contribution in [2.45, 2.75) is 19.4 Å². The minimum atomic E-state index is -0.627. The van der Waals surface area contributed by atoms with Gasteiger partial charge in [-0.2, -0.15) is 0 Å². The van der Waals surface area contributed by atoms with Gasteiger partial charge in [-0.1, -0.05) is 42.5 Å². The van der Waals surface area contributed by atoms with Crippen LogP contribution in [0.15, 0.2) is 66.7 Å². The van der Waals surface area contributed by atoms with Crippen LogP contribution in [0.3, 0.4) is 0 Å². The van der Waals surface area contributed by atoms with Crippen molar-refractivity contribution < 1.29 is 18.3 Å². The molecule has 0 N–H and O–H groups in total. The van der Waals surface area contributed by atoms with Gasteiger partial charge in [-0.15, -0.1) is 0 Å². The molecule has 4 heteroatoms. The van der Waals surface area contributed by atoms with Gasteiger partial charge in [0.1, 0.15) is 29.7 Å². The Labute approximate surface area is 163 Å². The summed E-state index contributed by atoms with van der Waals surface area (Å²) in [7, 11) is 1.61. The number of hydrogen-bond acceptors (Lipinski definition) is 2. The number of halogens is 2. The van der Waals surface area contributed by atoms with Gasteiger partial charge in [-0.3, -0.25) is 0 Å². The number of methoxy groups -OCH3 is 1. The van der Waals surface area contributed by atoms with Crippen LogP contribution < -0.4 is 9.47 Å². The summed E-state index contributed by atoms with van der Waals surface area (Å²) in [5.74, 6) is -0.337. The SMILES string of the molecule is COc1ccc2c(c1)CCC=C2c1c(F)cc(OCc2ccccc2)cc1F. The maximum absolute atomic E-state index is 14.9. The number of rotatable bonds is 5. The van der Waals surface area contributed by atoms with E-state index in [1.165, 1.54) is 12.1 Å². The van der Waals surface area contributed by atoms with Crippen LogP contribution in [0.5, 0.6) is 11.5 Å². The van der Waals surface area contributed by atoms with E-state index in [4.69, 9.17) is 9.47 Å². The first-order valence-corrected chi connectivity index (χ1v) is 9.19. The van der Waals surface area contributed by atoms with E-state index in [1.54, 1.807) is 7.11 Å². The van der Waals surface area contributed by atoms with Gasteiger partial charge in [0, 0.05) is 12.1 Å². The Kier molecular flexibility index (Phi) is 5.11. The minimum Gasteiger partial charge on any atom is -0.497 e. The normalized spacial score (nSPS) is 12.9. The minimum absolute atomic E-state index is 0.0156. The van der Waals surface area contributed by atoms with Gasteiger partial charge in [0.2, 0.25) is 0 Å². The van der Waals surface area contributed by atoms with Crippen LogP contribution >= 0.6 is 0 Å². The van der Waals surface area contributed by atoms with Crippen molar-refractivity contribution in [2.24, 2.45) is 0 Å². The van der Waals surface area contributed by atoms with Crippen LogP contribution in [-0.4, -0.2) is 7.11 Å². The molecule has 0 atom stereocenters. The van der Waals surface area contributed by atoms with Gasteiger partial charge in [0.15, 0.2) is 0 Å². The van der Waals surface area contributed by atoms with E-state index in [0.717, 1.165) is 35.3 Å². The predicted molar refractivity (Wildman–Crippen MR) is 106 cm³/mol. The molecule has 0 heterocycles. The zero-order valence-electron chi connectivity index (χ0n) is 15.5. The lowest BCUT2D eigenvalue weighted by molar-refractivity contribution is 0.302. The van der Waals surface area contributed by atoms with Crippen molar-refractivity contribution >= 4 is 5.57 Å². The molecular formula is C24H20F2O2. The van der Waals surface area contributed by atoms with Crippen molar-refractivity contribution in [3.63, 3.8) is 0 Å². The Hall–Kier alpha value is -3.14. The second-order valence-electron chi connectivity index (χ2n) is 6.72. The summed E-state index contributed by atoms with van der Waals surface area (Å²) in [4.78, 5) is 0. The Morgan fingerprint density at radius 1 is 0.893 bits per heavy atom. The fourth-order valence-electron chi connectivity index (χ4n) is 3.52. The highest BCUT2D eigenvalue weighted by molar-refractivity contribution is 5.83. The highest BCUT2D eigenvalue weighted by Gasteiger charge is 2.22. The van der Waals surface area contributed by atoms with Gasteiger partial charge in [0.25, 0.3) is 0 Å².